The van der Waals surface area contributed by atoms with E-state index in [0.29, 0.717) is 27.5 Å². The van der Waals surface area contributed by atoms with Gasteiger partial charge in [0.1, 0.15) is 0 Å². The molecule has 3 nitrogen and oxygen atoms in total. The highest BCUT2D eigenvalue weighted by Gasteiger charge is 2.17. The molecule has 0 aliphatic rings. The van der Waals surface area contributed by atoms with Gasteiger partial charge < -0.3 is 11.1 Å². The molecule has 0 amide bonds. The van der Waals surface area contributed by atoms with E-state index in [0.717, 1.165) is 15.7 Å². The number of rotatable bonds is 4. The van der Waals surface area contributed by atoms with E-state index < -0.39 is 0 Å². The summed E-state index contributed by atoms with van der Waals surface area (Å²) in [4.78, 5) is 12.9. The number of anilines is 3. The molecule has 0 aromatic heterocycles. The van der Waals surface area contributed by atoms with Crippen LogP contribution >= 0.6 is 27.5 Å². The molecule has 126 valence electrons. The lowest BCUT2D eigenvalue weighted by Gasteiger charge is -2.14. The first-order valence-electron chi connectivity index (χ1n) is 7.68. The zero-order chi connectivity index (χ0) is 18.0. The fraction of sp³-hybridized carbons (Fsp3) is 0.0500. The molecular weight excluding hydrogens is 400 g/mol. The van der Waals surface area contributed by atoms with Gasteiger partial charge in [0, 0.05) is 15.6 Å². The highest BCUT2D eigenvalue weighted by molar-refractivity contribution is 9.10. The maximum absolute atomic E-state index is 12.9. The summed E-state index contributed by atoms with van der Waals surface area (Å²) in [5.74, 6) is -0.103. The van der Waals surface area contributed by atoms with E-state index in [4.69, 9.17) is 17.3 Å². The van der Waals surface area contributed by atoms with E-state index in [2.05, 4.69) is 21.2 Å². The quantitative estimate of drug-likeness (QED) is 0.408. The van der Waals surface area contributed by atoms with E-state index in [1.807, 2.05) is 43.3 Å². The molecule has 0 unspecified atom stereocenters. The molecular formula is C20H16BrClN2O. The molecule has 0 saturated heterocycles. The second-order valence-electron chi connectivity index (χ2n) is 5.67. The molecule has 5 heteroatoms. The van der Waals surface area contributed by atoms with Crippen LogP contribution in [0.4, 0.5) is 17.1 Å². The number of ketones is 1. The van der Waals surface area contributed by atoms with E-state index in [1.54, 1.807) is 24.3 Å². The predicted molar refractivity (Wildman–Crippen MR) is 108 cm³/mol. The van der Waals surface area contributed by atoms with Gasteiger partial charge in [0.2, 0.25) is 0 Å². The van der Waals surface area contributed by atoms with Crippen LogP contribution in [-0.2, 0) is 0 Å². The molecule has 3 N–H and O–H groups in total. The third-order valence-electron chi connectivity index (χ3n) is 3.92. The molecule has 0 fully saturated rings. The Morgan fingerprint density at radius 2 is 1.72 bits per heavy atom. The van der Waals surface area contributed by atoms with Crippen molar-refractivity contribution in [3.05, 3.63) is 86.8 Å². The summed E-state index contributed by atoms with van der Waals surface area (Å²) in [6, 6.07) is 18.3. The average Bonchev–Trinajstić information content (AvgIpc) is 2.60. The maximum atomic E-state index is 12.9. The average molecular weight is 416 g/mol. The zero-order valence-electron chi connectivity index (χ0n) is 13.5. The maximum Gasteiger partial charge on any atom is 0.194 e. The van der Waals surface area contributed by atoms with Crippen molar-refractivity contribution < 1.29 is 4.79 Å². The van der Waals surface area contributed by atoms with Gasteiger partial charge in [-0.3, -0.25) is 4.79 Å². The monoisotopic (exact) mass is 414 g/mol. The molecule has 0 aliphatic heterocycles. The van der Waals surface area contributed by atoms with Crippen LogP contribution in [0.15, 0.2) is 65.1 Å². The lowest BCUT2D eigenvalue weighted by Crippen LogP contribution is -2.06. The van der Waals surface area contributed by atoms with Gasteiger partial charge in [0.25, 0.3) is 0 Å². The molecule has 0 radical (unpaired) electrons. The highest BCUT2D eigenvalue weighted by Crippen LogP contribution is 2.33. The van der Waals surface area contributed by atoms with Crippen molar-refractivity contribution in [3.8, 4) is 0 Å². The van der Waals surface area contributed by atoms with Gasteiger partial charge in [0.15, 0.2) is 5.78 Å². The first-order valence-corrected chi connectivity index (χ1v) is 8.85. The number of hydrogen-bond acceptors (Lipinski definition) is 3. The summed E-state index contributed by atoms with van der Waals surface area (Å²) in [6.07, 6.45) is 0. The van der Waals surface area contributed by atoms with Gasteiger partial charge in [-0.05, 0) is 42.8 Å². The number of halogens is 2. The van der Waals surface area contributed by atoms with Gasteiger partial charge in [-0.25, -0.2) is 0 Å². The Hall–Kier alpha value is -2.30. The Bertz CT molecular complexity index is 956. The molecule has 0 spiro atoms. The van der Waals surface area contributed by atoms with Crippen LogP contribution < -0.4 is 11.1 Å². The van der Waals surface area contributed by atoms with Gasteiger partial charge in [-0.15, -0.1) is 0 Å². The summed E-state index contributed by atoms with van der Waals surface area (Å²) in [6.45, 7) is 1.91. The van der Waals surface area contributed by atoms with Crippen LogP contribution in [0.25, 0.3) is 0 Å². The van der Waals surface area contributed by atoms with Gasteiger partial charge in [0.05, 0.1) is 22.1 Å². The van der Waals surface area contributed by atoms with Gasteiger partial charge in [-0.1, -0.05) is 57.9 Å². The van der Waals surface area contributed by atoms with Crippen molar-refractivity contribution in [1.82, 2.24) is 0 Å². The molecule has 0 bridgehead atoms. The first kappa shape index (κ1) is 17.5. The van der Waals surface area contributed by atoms with E-state index in [-0.39, 0.29) is 5.78 Å². The SMILES string of the molecule is Cc1ccccc1C(=O)c1cccc(Nc2cc(Br)ccc2N)c1Cl. The second-order valence-corrected chi connectivity index (χ2v) is 6.96. The minimum atomic E-state index is -0.103. The van der Waals surface area contributed by atoms with Crippen LogP contribution in [0.5, 0.6) is 0 Å². The van der Waals surface area contributed by atoms with Crippen LogP contribution in [0, 0.1) is 6.92 Å². The van der Waals surface area contributed by atoms with E-state index in [9.17, 15) is 4.79 Å². The van der Waals surface area contributed by atoms with Crippen LogP contribution in [0.1, 0.15) is 21.5 Å². The topological polar surface area (TPSA) is 55.1 Å². The van der Waals surface area contributed by atoms with Crippen LogP contribution in [0.2, 0.25) is 5.02 Å². The number of benzene rings is 3. The summed E-state index contributed by atoms with van der Waals surface area (Å²) in [7, 11) is 0. The predicted octanol–water partition coefficient (Wildman–Crippen LogP) is 5.97. The van der Waals surface area contributed by atoms with Crippen molar-refractivity contribution in [2.45, 2.75) is 6.92 Å². The fourth-order valence-corrected chi connectivity index (χ4v) is 3.18. The third-order valence-corrected chi connectivity index (χ3v) is 4.82. The minimum absolute atomic E-state index is 0.103. The molecule has 0 heterocycles. The first-order chi connectivity index (χ1) is 12.0. The standard InChI is InChI=1S/C20H16BrClN2O/c1-12-5-2-3-6-14(12)20(25)15-7-4-8-17(19(15)22)24-18-11-13(21)9-10-16(18)23/h2-11,24H,23H2,1H3. The number of carbonyl (C=O) groups is 1. The highest BCUT2D eigenvalue weighted by atomic mass is 79.9. The third kappa shape index (κ3) is 3.70. The number of carbonyl (C=O) groups excluding carboxylic acids is 1. The normalized spacial score (nSPS) is 10.5. The molecule has 0 aliphatic carbocycles. The van der Waals surface area contributed by atoms with E-state index >= 15 is 0 Å². The molecule has 0 atom stereocenters. The Morgan fingerprint density at radius 3 is 2.48 bits per heavy atom. The Kier molecular flexibility index (Phi) is 5.11. The largest absolute Gasteiger partial charge is 0.397 e. The van der Waals surface area contributed by atoms with Crippen molar-refractivity contribution in [3.63, 3.8) is 0 Å². The molecule has 3 aromatic rings. The molecule has 0 saturated carbocycles. The van der Waals surface area contributed by atoms with Crippen molar-refractivity contribution in [1.29, 1.82) is 0 Å². The zero-order valence-corrected chi connectivity index (χ0v) is 15.9. The Morgan fingerprint density at radius 1 is 1.00 bits per heavy atom. The summed E-state index contributed by atoms with van der Waals surface area (Å²) < 4.78 is 0.896. The summed E-state index contributed by atoms with van der Waals surface area (Å²) in [5.41, 5.74) is 9.96. The van der Waals surface area contributed by atoms with Crippen molar-refractivity contribution in [2.75, 3.05) is 11.1 Å². The van der Waals surface area contributed by atoms with Gasteiger partial charge in [-0.2, -0.15) is 0 Å². The molecule has 3 rings (SSSR count). The smallest absolute Gasteiger partial charge is 0.194 e. The lowest BCUT2D eigenvalue weighted by molar-refractivity contribution is 0.103. The van der Waals surface area contributed by atoms with Crippen LogP contribution in [-0.4, -0.2) is 5.78 Å². The molecule has 25 heavy (non-hydrogen) atoms. The Balaban J connectivity index is 1.99. The number of nitrogens with two attached hydrogens (primary N) is 1. The van der Waals surface area contributed by atoms with Crippen molar-refractivity contribution >= 4 is 50.4 Å². The number of nitrogen functional groups attached to an aromatic ring is 1. The van der Waals surface area contributed by atoms with E-state index in [1.165, 1.54) is 0 Å². The Labute approximate surface area is 159 Å². The summed E-state index contributed by atoms with van der Waals surface area (Å²) >= 11 is 9.93. The number of aryl methyl sites for hydroxylation is 1. The van der Waals surface area contributed by atoms with Gasteiger partial charge >= 0.3 is 0 Å². The molecule has 3 aromatic carbocycles. The lowest BCUT2D eigenvalue weighted by atomic mass is 9.99. The number of hydrogen-bond donors (Lipinski definition) is 2. The van der Waals surface area contributed by atoms with Crippen LogP contribution in [0.3, 0.4) is 0 Å². The fourth-order valence-electron chi connectivity index (χ4n) is 2.56. The second kappa shape index (κ2) is 7.30. The minimum Gasteiger partial charge on any atom is -0.397 e. The number of nitrogens with one attached hydrogen (secondary N) is 1. The van der Waals surface area contributed by atoms with Crippen molar-refractivity contribution in [2.24, 2.45) is 0 Å². The summed E-state index contributed by atoms with van der Waals surface area (Å²) in [5, 5.41) is 3.57.